The van der Waals surface area contributed by atoms with Gasteiger partial charge in [0.25, 0.3) is 0 Å². The number of carboxylic acid groups (broad SMARTS) is 2. The van der Waals surface area contributed by atoms with Crippen molar-refractivity contribution in [1.82, 2.24) is 0 Å². The topological polar surface area (TPSA) is 74.6 Å². The van der Waals surface area contributed by atoms with Gasteiger partial charge in [-0.3, -0.25) is 9.59 Å². The monoisotopic (exact) mass is 426 g/mol. The lowest BCUT2D eigenvalue weighted by atomic mass is 9.78. The highest BCUT2D eigenvalue weighted by Crippen LogP contribution is 2.33. The van der Waals surface area contributed by atoms with Crippen molar-refractivity contribution in [3.63, 3.8) is 0 Å². The van der Waals surface area contributed by atoms with Crippen LogP contribution < -0.4 is 0 Å². The van der Waals surface area contributed by atoms with Crippen LogP contribution in [0.5, 0.6) is 0 Å². The van der Waals surface area contributed by atoms with Crippen LogP contribution in [0.15, 0.2) is 0 Å². The first-order valence-corrected chi connectivity index (χ1v) is 13.0. The molecule has 0 aromatic rings. The number of hydrogen-bond acceptors (Lipinski definition) is 2. The van der Waals surface area contributed by atoms with E-state index < -0.39 is 17.4 Å². The van der Waals surface area contributed by atoms with Crippen LogP contribution >= 0.6 is 0 Å². The fourth-order valence-electron chi connectivity index (χ4n) is 4.30. The Balaban J connectivity index is 4.04. The number of unbranched alkanes of at least 4 members (excludes halogenated alkanes) is 17. The van der Waals surface area contributed by atoms with E-state index in [1.54, 1.807) is 0 Å². The lowest BCUT2D eigenvalue weighted by Gasteiger charge is -2.25. The zero-order chi connectivity index (χ0) is 22.5. The molecule has 0 radical (unpaired) electrons. The maximum absolute atomic E-state index is 11.8. The van der Waals surface area contributed by atoms with Gasteiger partial charge in [-0.25, -0.2) is 0 Å². The normalized spacial score (nSPS) is 11.7. The van der Waals surface area contributed by atoms with Crippen molar-refractivity contribution in [3.05, 3.63) is 0 Å². The van der Waals surface area contributed by atoms with E-state index in [1.165, 1.54) is 83.5 Å². The van der Waals surface area contributed by atoms with Gasteiger partial charge in [-0.05, 0) is 12.8 Å². The Morgan fingerprint density at radius 3 is 0.933 bits per heavy atom. The van der Waals surface area contributed by atoms with Crippen molar-refractivity contribution in [3.8, 4) is 0 Å². The Morgan fingerprint density at radius 1 is 0.467 bits per heavy atom. The molecule has 0 bridgehead atoms. The molecule has 0 aliphatic heterocycles. The number of hydrogen-bond donors (Lipinski definition) is 2. The fourth-order valence-corrected chi connectivity index (χ4v) is 4.30. The van der Waals surface area contributed by atoms with Crippen LogP contribution in [0, 0.1) is 5.41 Å². The van der Waals surface area contributed by atoms with E-state index in [-0.39, 0.29) is 12.8 Å². The molecule has 4 nitrogen and oxygen atoms in total. The molecule has 0 aromatic carbocycles. The van der Waals surface area contributed by atoms with Crippen molar-refractivity contribution >= 4 is 11.9 Å². The summed E-state index contributed by atoms with van der Waals surface area (Å²) >= 11 is 0. The average molecular weight is 427 g/mol. The molecular weight excluding hydrogens is 376 g/mol. The Morgan fingerprint density at radius 2 is 0.700 bits per heavy atom. The van der Waals surface area contributed by atoms with Crippen molar-refractivity contribution in [1.29, 1.82) is 0 Å². The van der Waals surface area contributed by atoms with Crippen LogP contribution in [0.3, 0.4) is 0 Å². The molecule has 4 heteroatoms. The molecule has 0 spiro atoms. The lowest BCUT2D eigenvalue weighted by molar-refractivity contribution is -0.166. The highest BCUT2D eigenvalue weighted by atomic mass is 16.4. The van der Waals surface area contributed by atoms with Crippen molar-refractivity contribution < 1.29 is 19.8 Å². The molecule has 0 rings (SSSR count). The summed E-state index contributed by atoms with van der Waals surface area (Å²) in [5, 5.41) is 19.4. The van der Waals surface area contributed by atoms with Crippen LogP contribution in [0.1, 0.15) is 149 Å². The number of carboxylic acids is 2. The van der Waals surface area contributed by atoms with E-state index in [4.69, 9.17) is 0 Å². The third-order valence-electron chi connectivity index (χ3n) is 6.48. The van der Waals surface area contributed by atoms with Crippen molar-refractivity contribution in [2.45, 2.75) is 149 Å². The van der Waals surface area contributed by atoms with E-state index in [2.05, 4.69) is 13.8 Å². The lowest BCUT2D eigenvalue weighted by Crippen LogP contribution is -2.39. The Bertz CT molecular complexity index is 405. The van der Waals surface area contributed by atoms with Gasteiger partial charge < -0.3 is 10.2 Å². The Labute approximate surface area is 186 Å². The molecule has 30 heavy (non-hydrogen) atoms. The molecule has 0 aromatic heterocycles. The Kier molecular flexibility index (Phi) is 19.2. The second-order valence-corrected chi connectivity index (χ2v) is 9.20. The van der Waals surface area contributed by atoms with E-state index in [9.17, 15) is 19.8 Å². The van der Waals surface area contributed by atoms with Crippen LogP contribution in [0.4, 0.5) is 0 Å². The third kappa shape index (κ3) is 14.0. The molecule has 0 aliphatic rings. The predicted molar refractivity (Wildman–Crippen MR) is 126 cm³/mol. The summed E-state index contributed by atoms with van der Waals surface area (Å²) in [6.45, 7) is 4.44. The predicted octanol–water partition coefficient (Wildman–Crippen LogP) is 8.37. The van der Waals surface area contributed by atoms with Gasteiger partial charge in [0.2, 0.25) is 0 Å². The zero-order valence-electron chi connectivity index (χ0n) is 20.1. The summed E-state index contributed by atoms with van der Waals surface area (Å²) in [4.78, 5) is 23.7. The van der Waals surface area contributed by atoms with E-state index in [0.717, 1.165) is 25.7 Å². The standard InChI is InChI=1S/C26H50O4/c1-3-5-7-9-11-13-15-17-19-21-23-26(24(27)28,25(29)30)22-20-18-16-14-12-10-8-6-4-2/h3-23H2,1-2H3,(H,27,28)(H,29,30). The zero-order valence-corrected chi connectivity index (χ0v) is 20.1. The first-order chi connectivity index (χ1) is 14.5. The summed E-state index contributed by atoms with van der Waals surface area (Å²) < 4.78 is 0. The molecule has 0 amide bonds. The first kappa shape index (κ1) is 28.9. The number of aliphatic carboxylic acids is 2. The Hall–Kier alpha value is -1.06. The summed E-state index contributed by atoms with van der Waals surface area (Å²) in [5.74, 6) is -2.30. The SMILES string of the molecule is CCCCCCCCCCCCC(CCCCCCCCCCC)(C(=O)O)C(=O)O. The van der Waals surface area contributed by atoms with Gasteiger partial charge in [-0.1, -0.05) is 136 Å². The van der Waals surface area contributed by atoms with E-state index in [1.807, 2.05) is 0 Å². The van der Waals surface area contributed by atoms with Gasteiger partial charge in [0.05, 0.1) is 0 Å². The first-order valence-electron chi connectivity index (χ1n) is 13.0. The van der Waals surface area contributed by atoms with Gasteiger partial charge in [-0.15, -0.1) is 0 Å². The average Bonchev–Trinajstić information content (AvgIpc) is 2.71. The maximum atomic E-state index is 11.8. The minimum Gasteiger partial charge on any atom is -0.480 e. The van der Waals surface area contributed by atoms with Crippen LogP contribution in [-0.2, 0) is 9.59 Å². The molecule has 2 N–H and O–H groups in total. The third-order valence-corrected chi connectivity index (χ3v) is 6.48. The van der Waals surface area contributed by atoms with E-state index >= 15 is 0 Å². The summed E-state index contributed by atoms with van der Waals surface area (Å²) in [6, 6.07) is 0. The molecule has 0 heterocycles. The smallest absolute Gasteiger partial charge is 0.321 e. The van der Waals surface area contributed by atoms with Gasteiger partial charge in [0.1, 0.15) is 0 Å². The molecule has 0 fully saturated rings. The minimum atomic E-state index is -1.58. The van der Waals surface area contributed by atoms with Crippen LogP contribution in [-0.4, -0.2) is 22.2 Å². The fraction of sp³-hybridized carbons (Fsp3) is 0.923. The van der Waals surface area contributed by atoms with Gasteiger partial charge >= 0.3 is 11.9 Å². The highest BCUT2D eigenvalue weighted by Gasteiger charge is 2.45. The summed E-state index contributed by atoms with van der Waals surface area (Å²) in [6.07, 6.45) is 22.5. The molecule has 0 unspecified atom stereocenters. The minimum absolute atomic E-state index is 0.269. The largest absolute Gasteiger partial charge is 0.480 e. The van der Waals surface area contributed by atoms with Crippen molar-refractivity contribution in [2.24, 2.45) is 5.41 Å². The number of carbonyl (C=O) groups is 2. The van der Waals surface area contributed by atoms with Crippen molar-refractivity contribution in [2.75, 3.05) is 0 Å². The molecule has 0 saturated carbocycles. The van der Waals surface area contributed by atoms with Gasteiger partial charge in [0, 0.05) is 0 Å². The molecule has 178 valence electrons. The quantitative estimate of drug-likeness (QED) is 0.127. The molecule has 0 saturated heterocycles. The van der Waals surface area contributed by atoms with Gasteiger partial charge in [0.15, 0.2) is 5.41 Å². The highest BCUT2D eigenvalue weighted by molar-refractivity contribution is 5.98. The van der Waals surface area contributed by atoms with Crippen LogP contribution in [0.25, 0.3) is 0 Å². The molecular formula is C26H50O4. The number of rotatable bonds is 23. The molecule has 0 aliphatic carbocycles. The van der Waals surface area contributed by atoms with Crippen LogP contribution in [0.2, 0.25) is 0 Å². The van der Waals surface area contributed by atoms with Gasteiger partial charge in [-0.2, -0.15) is 0 Å². The maximum Gasteiger partial charge on any atom is 0.321 e. The summed E-state index contributed by atoms with van der Waals surface area (Å²) in [7, 11) is 0. The summed E-state index contributed by atoms with van der Waals surface area (Å²) in [5.41, 5.74) is -1.58. The second kappa shape index (κ2) is 19.9. The van der Waals surface area contributed by atoms with E-state index in [0.29, 0.717) is 12.8 Å². The molecule has 0 atom stereocenters. The second-order valence-electron chi connectivity index (χ2n) is 9.20.